The molecule has 0 radical (unpaired) electrons. The number of benzene rings is 2. The van der Waals surface area contributed by atoms with Gasteiger partial charge in [0, 0.05) is 6.54 Å². The summed E-state index contributed by atoms with van der Waals surface area (Å²) in [6.45, 7) is 2.75. The van der Waals surface area contributed by atoms with Gasteiger partial charge in [-0.15, -0.1) is 0 Å². The van der Waals surface area contributed by atoms with Gasteiger partial charge in [-0.05, 0) is 24.5 Å². The van der Waals surface area contributed by atoms with Gasteiger partial charge in [-0.3, -0.25) is 0 Å². The summed E-state index contributed by atoms with van der Waals surface area (Å²) < 4.78 is 0. The third-order valence-electron chi connectivity index (χ3n) is 3.84. The lowest BCUT2D eigenvalue weighted by molar-refractivity contribution is 0.988. The summed E-state index contributed by atoms with van der Waals surface area (Å²) in [7, 11) is 0. The molecule has 3 aromatic rings. The molecule has 0 unspecified atom stereocenters. The van der Waals surface area contributed by atoms with E-state index in [9.17, 15) is 0 Å². The summed E-state index contributed by atoms with van der Waals surface area (Å²) in [5.74, 6) is 1.22. The van der Waals surface area contributed by atoms with Gasteiger partial charge in [-0.1, -0.05) is 60.2 Å². The fourth-order valence-electron chi connectivity index (χ4n) is 2.55. The summed E-state index contributed by atoms with van der Waals surface area (Å²) >= 11 is 0. The van der Waals surface area contributed by atoms with Crippen LogP contribution in [0.1, 0.15) is 11.1 Å². The van der Waals surface area contributed by atoms with Crippen molar-refractivity contribution in [3.63, 3.8) is 0 Å². The van der Waals surface area contributed by atoms with Crippen LogP contribution >= 0.6 is 0 Å². The van der Waals surface area contributed by atoms with E-state index in [1.807, 2.05) is 49.4 Å². The molecule has 0 fully saturated rings. The van der Waals surface area contributed by atoms with Crippen LogP contribution in [-0.4, -0.2) is 16.5 Å². The van der Waals surface area contributed by atoms with Gasteiger partial charge in [-0.2, -0.15) is 9.97 Å². The van der Waals surface area contributed by atoms with Crippen LogP contribution in [0, 0.1) is 6.92 Å². The first-order chi connectivity index (χ1) is 11.6. The molecule has 0 atom stereocenters. The predicted octanol–water partition coefficient (Wildman–Crippen LogP) is 3.27. The molecule has 0 aliphatic rings. The van der Waals surface area contributed by atoms with Crippen molar-refractivity contribution < 1.29 is 0 Å². The molecule has 1 heterocycles. The van der Waals surface area contributed by atoms with Gasteiger partial charge in [0.15, 0.2) is 0 Å². The molecule has 0 aliphatic carbocycles. The van der Waals surface area contributed by atoms with E-state index in [4.69, 9.17) is 11.5 Å². The molecular formula is C19H21N5. The Bertz CT molecular complexity index is 790. The van der Waals surface area contributed by atoms with Crippen LogP contribution in [0.2, 0.25) is 0 Å². The zero-order valence-corrected chi connectivity index (χ0v) is 13.7. The van der Waals surface area contributed by atoms with Crippen molar-refractivity contribution in [2.24, 2.45) is 0 Å². The average molecular weight is 319 g/mol. The zero-order valence-electron chi connectivity index (χ0n) is 13.7. The van der Waals surface area contributed by atoms with Crippen LogP contribution in [0.5, 0.6) is 0 Å². The molecule has 122 valence electrons. The van der Waals surface area contributed by atoms with Crippen LogP contribution in [0.4, 0.5) is 17.6 Å². The Hall–Kier alpha value is -3.08. The van der Waals surface area contributed by atoms with E-state index in [-0.39, 0.29) is 0 Å². The maximum absolute atomic E-state index is 6.10. The van der Waals surface area contributed by atoms with Crippen LogP contribution in [0.25, 0.3) is 11.1 Å². The summed E-state index contributed by atoms with van der Waals surface area (Å²) in [4.78, 5) is 8.68. The molecule has 0 aliphatic heterocycles. The van der Waals surface area contributed by atoms with Crippen molar-refractivity contribution >= 4 is 17.6 Å². The Labute approximate surface area is 141 Å². The van der Waals surface area contributed by atoms with Gasteiger partial charge in [0.25, 0.3) is 0 Å². The number of aryl methyl sites for hydroxylation is 1. The largest absolute Gasteiger partial charge is 0.383 e. The lowest BCUT2D eigenvalue weighted by Gasteiger charge is -2.12. The van der Waals surface area contributed by atoms with E-state index in [1.165, 1.54) is 11.1 Å². The Morgan fingerprint density at radius 2 is 1.50 bits per heavy atom. The molecule has 3 rings (SSSR count). The third-order valence-corrected chi connectivity index (χ3v) is 3.84. The van der Waals surface area contributed by atoms with E-state index in [0.29, 0.717) is 29.7 Å². The number of hydrogen-bond donors (Lipinski definition) is 3. The zero-order chi connectivity index (χ0) is 16.9. The summed E-state index contributed by atoms with van der Waals surface area (Å²) in [5, 5.41) is 3.18. The SMILES string of the molecule is Cc1ccc(-c2c(N)nc(NCCc3ccccc3)nc2N)cc1. The van der Waals surface area contributed by atoms with E-state index in [0.717, 1.165) is 12.0 Å². The van der Waals surface area contributed by atoms with Gasteiger partial charge >= 0.3 is 0 Å². The fraction of sp³-hybridized carbons (Fsp3) is 0.158. The molecule has 0 saturated heterocycles. The highest BCUT2D eigenvalue weighted by Crippen LogP contribution is 2.30. The van der Waals surface area contributed by atoms with E-state index in [2.05, 4.69) is 27.4 Å². The highest BCUT2D eigenvalue weighted by Gasteiger charge is 2.12. The minimum atomic E-state index is 0.383. The van der Waals surface area contributed by atoms with Crippen molar-refractivity contribution in [3.05, 3.63) is 65.7 Å². The van der Waals surface area contributed by atoms with Crippen LogP contribution in [-0.2, 0) is 6.42 Å². The average Bonchev–Trinajstić information content (AvgIpc) is 2.57. The molecule has 5 heteroatoms. The first-order valence-corrected chi connectivity index (χ1v) is 7.91. The Kier molecular flexibility index (Phi) is 4.61. The topological polar surface area (TPSA) is 89.8 Å². The van der Waals surface area contributed by atoms with Crippen molar-refractivity contribution in [1.82, 2.24) is 9.97 Å². The highest BCUT2D eigenvalue weighted by atomic mass is 15.1. The molecule has 24 heavy (non-hydrogen) atoms. The number of rotatable bonds is 5. The number of nitrogens with zero attached hydrogens (tertiary/aromatic N) is 2. The van der Waals surface area contributed by atoms with E-state index in [1.54, 1.807) is 0 Å². The third kappa shape index (κ3) is 3.63. The summed E-state index contributed by atoms with van der Waals surface area (Å²) in [5.41, 5.74) is 16.2. The maximum atomic E-state index is 6.10. The predicted molar refractivity (Wildman–Crippen MR) is 99.7 cm³/mol. The molecule has 0 saturated carbocycles. The maximum Gasteiger partial charge on any atom is 0.226 e. The molecule has 0 spiro atoms. The molecule has 2 aromatic carbocycles. The van der Waals surface area contributed by atoms with Gasteiger partial charge in [0.1, 0.15) is 11.6 Å². The molecule has 5 N–H and O–H groups in total. The molecule has 0 bridgehead atoms. The smallest absolute Gasteiger partial charge is 0.226 e. The molecule has 5 nitrogen and oxygen atoms in total. The summed E-state index contributed by atoms with van der Waals surface area (Å²) in [6.07, 6.45) is 0.879. The number of hydrogen-bond acceptors (Lipinski definition) is 5. The molecular weight excluding hydrogens is 298 g/mol. The second kappa shape index (κ2) is 7.00. The van der Waals surface area contributed by atoms with E-state index >= 15 is 0 Å². The second-order valence-corrected chi connectivity index (χ2v) is 5.72. The van der Waals surface area contributed by atoms with Crippen LogP contribution in [0.15, 0.2) is 54.6 Å². The normalized spacial score (nSPS) is 10.5. The lowest BCUT2D eigenvalue weighted by atomic mass is 10.1. The van der Waals surface area contributed by atoms with Gasteiger partial charge in [-0.25, -0.2) is 0 Å². The Morgan fingerprint density at radius 3 is 2.12 bits per heavy atom. The standard InChI is InChI=1S/C19H21N5/c1-13-7-9-15(10-8-13)16-17(20)23-19(24-18(16)21)22-12-11-14-5-3-2-4-6-14/h2-10H,11-12H2,1H3,(H5,20,21,22,23,24). The van der Waals surface area contributed by atoms with Crippen LogP contribution < -0.4 is 16.8 Å². The Morgan fingerprint density at radius 1 is 0.875 bits per heavy atom. The minimum Gasteiger partial charge on any atom is -0.383 e. The molecule has 1 aromatic heterocycles. The number of nitrogens with two attached hydrogens (primary N) is 2. The van der Waals surface area contributed by atoms with Crippen molar-refractivity contribution in [2.45, 2.75) is 13.3 Å². The Balaban J connectivity index is 1.73. The van der Waals surface area contributed by atoms with Gasteiger partial charge in [0.2, 0.25) is 5.95 Å². The molecule has 0 amide bonds. The van der Waals surface area contributed by atoms with Crippen molar-refractivity contribution in [3.8, 4) is 11.1 Å². The van der Waals surface area contributed by atoms with E-state index < -0.39 is 0 Å². The highest BCUT2D eigenvalue weighted by molar-refractivity contribution is 5.83. The number of nitrogen functional groups attached to an aromatic ring is 2. The van der Waals surface area contributed by atoms with Gasteiger partial charge in [0.05, 0.1) is 5.56 Å². The van der Waals surface area contributed by atoms with Crippen molar-refractivity contribution in [2.75, 3.05) is 23.3 Å². The monoisotopic (exact) mass is 319 g/mol. The number of aromatic nitrogens is 2. The number of nitrogens with one attached hydrogen (secondary N) is 1. The minimum absolute atomic E-state index is 0.383. The first kappa shape index (κ1) is 15.8. The first-order valence-electron chi connectivity index (χ1n) is 7.91. The lowest BCUT2D eigenvalue weighted by Crippen LogP contribution is -2.11. The summed E-state index contributed by atoms with van der Waals surface area (Å²) in [6, 6.07) is 18.2. The van der Waals surface area contributed by atoms with Crippen molar-refractivity contribution in [1.29, 1.82) is 0 Å². The fourth-order valence-corrected chi connectivity index (χ4v) is 2.55. The number of anilines is 3. The van der Waals surface area contributed by atoms with Crippen LogP contribution in [0.3, 0.4) is 0 Å². The second-order valence-electron chi connectivity index (χ2n) is 5.72. The quantitative estimate of drug-likeness (QED) is 0.671. The van der Waals surface area contributed by atoms with Gasteiger partial charge < -0.3 is 16.8 Å².